The highest BCUT2D eigenvalue weighted by atomic mass is 32.1. The third-order valence-corrected chi connectivity index (χ3v) is 5.79. The van der Waals surface area contributed by atoms with Crippen LogP contribution in [-0.2, 0) is 5.41 Å². The molecule has 0 spiro atoms. The molecular weight excluding hydrogens is 302 g/mol. The van der Waals surface area contributed by atoms with E-state index in [1.807, 2.05) is 0 Å². The molecule has 0 atom stereocenters. The summed E-state index contributed by atoms with van der Waals surface area (Å²) < 4.78 is 7.32. The number of oxazole rings is 1. The van der Waals surface area contributed by atoms with Crippen LogP contribution in [0.3, 0.4) is 0 Å². The van der Waals surface area contributed by atoms with E-state index in [2.05, 4.69) is 74.3 Å². The van der Waals surface area contributed by atoms with Gasteiger partial charge in [0.2, 0.25) is 5.89 Å². The number of thiophene rings is 1. The topological polar surface area (TPSA) is 26.0 Å². The number of benzene rings is 2. The van der Waals surface area contributed by atoms with Gasteiger partial charge in [-0.25, -0.2) is 4.98 Å². The van der Waals surface area contributed by atoms with Crippen LogP contribution in [0.5, 0.6) is 0 Å². The molecular formula is C20H19NOS. The average molecular weight is 321 g/mol. The Balaban J connectivity index is 1.82. The van der Waals surface area contributed by atoms with E-state index in [9.17, 15) is 0 Å². The van der Waals surface area contributed by atoms with Crippen molar-refractivity contribution in [3.8, 4) is 10.8 Å². The van der Waals surface area contributed by atoms with Gasteiger partial charge in [0.1, 0.15) is 5.52 Å². The second-order valence-electron chi connectivity index (χ2n) is 6.59. The maximum atomic E-state index is 6.06. The van der Waals surface area contributed by atoms with Gasteiger partial charge in [-0.1, -0.05) is 45.0 Å². The molecule has 2 aromatic heterocycles. The average Bonchev–Trinajstić information content (AvgIpc) is 3.17. The molecule has 0 aliphatic heterocycles. The zero-order valence-electron chi connectivity index (χ0n) is 13.6. The van der Waals surface area contributed by atoms with Crippen LogP contribution < -0.4 is 0 Å². The summed E-state index contributed by atoms with van der Waals surface area (Å²) in [6, 6.07) is 16.9. The molecule has 3 heteroatoms. The largest absolute Gasteiger partial charge is 0.435 e. The number of aromatic nitrogens is 1. The molecule has 4 aromatic rings. The van der Waals surface area contributed by atoms with Gasteiger partial charge in [-0.05, 0) is 47.1 Å². The van der Waals surface area contributed by atoms with Crippen molar-refractivity contribution in [1.29, 1.82) is 0 Å². The van der Waals surface area contributed by atoms with Gasteiger partial charge in [-0.15, -0.1) is 11.3 Å². The van der Waals surface area contributed by atoms with E-state index >= 15 is 0 Å². The first-order valence-corrected chi connectivity index (χ1v) is 8.78. The van der Waals surface area contributed by atoms with Crippen molar-refractivity contribution in [2.24, 2.45) is 0 Å². The fraction of sp³-hybridized carbons (Fsp3) is 0.250. The summed E-state index contributed by atoms with van der Waals surface area (Å²) in [5.74, 6) is 0.715. The number of fused-ring (bicyclic) bond motifs is 2. The molecule has 2 aromatic carbocycles. The molecule has 0 N–H and O–H groups in total. The molecule has 2 nitrogen and oxygen atoms in total. The lowest BCUT2D eigenvalue weighted by molar-refractivity contribution is 0.505. The lowest BCUT2D eigenvalue weighted by atomic mass is 9.82. The Hall–Kier alpha value is -2.13. The van der Waals surface area contributed by atoms with Crippen LogP contribution in [0.25, 0.3) is 32.0 Å². The van der Waals surface area contributed by atoms with Crippen LogP contribution in [0.4, 0.5) is 0 Å². The minimum Gasteiger partial charge on any atom is -0.435 e. The van der Waals surface area contributed by atoms with E-state index in [0.717, 1.165) is 22.4 Å². The Morgan fingerprint density at radius 3 is 2.70 bits per heavy atom. The fourth-order valence-electron chi connectivity index (χ4n) is 2.74. The molecule has 0 radical (unpaired) electrons. The van der Waals surface area contributed by atoms with E-state index in [-0.39, 0.29) is 5.41 Å². The molecule has 2 heterocycles. The van der Waals surface area contributed by atoms with Crippen molar-refractivity contribution in [1.82, 2.24) is 4.98 Å². The smallest absolute Gasteiger partial charge is 0.237 e. The van der Waals surface area contributed by atoms with E-state index in [1.165, 1.54) is 15.6 Å². The highest BCUT2D eigenvalue weighted by Crippen LogP contribution is 2.36. The number of rotatable bonds is 3. The first kappa shape index (κ1) is 14.5. The minimum absolute atomic E-state index is 0.152. The standard InChI is InChI=1S/C20H19NOS/c1-4-20(2,3)14-9-10-15-16(12-14)22-19(21-15)18-11-13-7-5-6-8-17(13)23-18/h5-12H,4H2,1-3H3. The summed E-state index contributed by atoms with van der Waals surface area (Å²) in [6.07, 6.45) is 1.09. The summed E-state index contributed by atoms with van der Waals surface area (Å²) in [5.41, 5.74) is 3.25. The van der Waals surface area contributed by atoms with Crippen molar-refractivity contribution in [2.75, 3.05) is 0 Å². The zero-order valence-corrected chi connectivity index (χ0v) is 14.4. The van der Waals surface area contributed by atoms with Crippen molar-refractivity contribution in [3.05, 3.63) is 54.1 Å². The van der Waals surface area contributed by atoms with Crippen LogP contribution in [0.2, 0.25) is 0 Å². The monoisotopic (exact) mass is 321 g/mol. The highest BCUT2D eigenvalue weighted by Gasteiger charge is 2.20. The van der Waals surface area contributed by atoms with Crippen molar-refractivity contribution in [2.45, 2.75) is 32.6 Å². The first-order chi connectivity index (χ1) is 11.1. The summed E-state index contributed by atoms with van der Waals surface area (Å²) in [7, 11) is 0. The summed E-state index contributed by atoms with van der Waals surface area (Å²) in [4.78, 5) is 5.75. The minimum atomic E-state index is 0.152. The second-order valence-corrected chi connectivity index (χ2v) is 7.67. The van der Waals surface area contributed by atoms with Crippen LogP contribution in [-0.4, -0.2) is 4.98 Å². The Kier molecular flexibility index (Phi) is 3.27. The van der Waals surface area contributed by atoms with E-state index < -0.39 is 0 Å². The third-order valence-electron chi connectivity index (χ3n) is 4.69. The molecule has 0 bridgehead atoms. The van der Waals surface area contributed by atoms with Gasteiger partial charge >= 0.3 is 0 Å². The maximum Gasteiger partial charge on any atom is 0.237 e. The normalized spacial score (nSPS) is 12.3. The number of nitrogens with zero attached hydrogens (tertiary/aromatic N) is 1. The molecule has 0 saturated heterocycles. The van der Waals surface area contributed by atoms with Crippen LogP contribution in [0, 0.1) is 0 Å². The van der Waals surface area contributed by atoms with Gasteiger partial charge in [0.15, 0.2) is 5.58 Å². The molecule has 23 heavy (non-hydrogen) atoms. The summed E-state index contributed by atoms with van der Waals surface area (Å²) >= 11 is 1.72. The number of hydrogen-bond acceptors (Lipinski definition) is 3. The third kappa shape index (κ3) is 2.45. The van der Waals surface area contributed by atoms with Gasteiger partial charge in [0.05, 0.1) is 4.88 Å². The summed E-state index contributed by atoms with van der Waals surface area (Å²) in [6.45, 7) is 6.74. The highest BCUT2D eigenvalue weighted by molar-refractivity contribution is 7.22. The van der Waals surface area contributed by atoms with Gasteiger partial charge in [-0.3, -0.25) is 0 Å². The van der Waals surface area contributed by atoms with Crippen LogP contribution >= 0.6 is 11.3 Å². The quantitative estimate of drug-likeness (QED) is 0.436. The van der Waals surface area contributed by atoms with Gasteiger partial charge in [0, 0.05) is 4.70 Å². The lowest BCUT2D eigenvalue weighted by Crippen LogP contribution is -2.14. The SMILES string of the molecule is CCC(C)(C)c1ccc2nc(-c3cc4ccccc4s3)oc2c1. The molecule has 0 aliphatic carbocycles. The first-order valence-electron chi connectivity index (χ1n) is 7.97. The van der Waals surface area contributed by atoms with Gasteiger partial charge in [0.25, 0.3) is 0 Å². The Bertz CT molecular complexity index is 960. The number of hydrogen-bond donors (Lipinski definition) is 0. The van der Waals surface area contributed by atoms with E-state index in [1.54, 1.807) is 11.3 Å². The lowest BCUT2D eigenvalue weighted by Gasteiger charge is -2.22. The molecule has 4 rings (SSSR count). The van der Waals surface area contributed by atoms with Gasteiger partial charge in [-0.2, -0.15) is 0 Å². The summed E-state index contributed by atoms with van der Waals surface area (Å²) in [5, 5.41) is 1.24. The maximum absolute atomic E-state index is 6.06. The Morgan fingerprint density at radius 1 is 1.09 bits per heavy atom. The van der Waals surface area contributed by atoms with Crippen LogP contribution in [0.15, 0.2) is 52.9 Å². The molecule has 116 valence electrons. The van der Waals surface area contributed by atoms with Crippen molar-refractivity contribution in [3.63, 3.8) is 0 Å². The molecule has 0 fully saturated rings. The second kappa shape index (κ2) is 5.20. The molecule has 0 amide bonds. The van der Waals surface area contributed by atoms with Crippen molar-refractivity contribution < 1.29 is 4.42 Å². The molecule has 0 aliphatic rings. The predicted octanol–water partition coefficient (Wildman–Crippen LogP) is 6.40. The van der Waals surface area contributed by atoms with Crippen molar-refractivity contribution >= 4 is 32.5 Å². The Labute approximate surface area is 139 Å². The molecule has 0 saturated carbocycles. The zero-order chi connectivity index (χ0) is 16.0. The predicted molar refractivity (Wildman–Crippen MR) is 98.1 cm³/mol. The van der Waals surface area contributed by atoms with Gasteiger partial charge < -0.3 is 4.42 Å². The fourth-order valence-corrected chi connectivity index (χ4v) is 3.73. The van der Waals surface area contributed by atoms with E-state index in [4.69, 9.17) is 4.42 Å². The molecule has 0 unspecified atom stereocenters. The Morgan fingerprint density at radius 2 is 1.91 bits per heavy atom. The van der Waals surface area contributed by atoms with E-state index in [0.29, 0.717) is 5.89 Å². The van der Waals surface area contributed by atoms with Crippen LogP contribution in [0.1, 0.15) is 32.8 Å².